The fourth-order valence-corrected chi connectivity index (χ4v) is 3.17. The zero-order chi connectivity index (χ0) is 15.1. The van der Waals surface area contributed by atoms with Gasteiger partial charge in [0.1, 0.15) is 10.6 Å². The minimum atomic E-state index is 0.300. The average Bonchev–Trinajstić information content (AvgIpc) is 2.89. The summed E-state index contributed by atoms with van der Waals surface area (Å²) in [5.74, 6) is 0.828. The van der Waals surface area contributed by atoms with E-state index in [2.05, 4.69) is 35.2 Å². The Morgan fingerprint density at radius 3 is 2.81 bits per heavy atom. The zero-order valence-corrected chi connectivity index (χ0v) is 14.2. The third kappa shape index (κ3) is 4.80. The number of aromatic nitrogens is 2. The van der Waals surface area contributed by atoms with Crippen LogP contribution in [0.2, 0.25) is 5.28 Å². The van der Waals surface area contributed by atoms with Crippen molar-refractivity contribution in [2.75, 3.05) is 25.1 Å². The summed E-state index contributed by atoms with van der Waals surface area (Å²) in [6, 6.07) is 2.15. The van der Waals surface area contributed by atoms with E-state index in [1.807, 2.05) is 0 Å². The molecule has 0 unspecified atom stereocenters. The number of hydrogen-bond donors (Lipinski definition) is 1. The highest BCUT2D eigenvalue weighted by Gasteiger charge is 2.10. The number of hydrogen-bond acceptors (Lipinski definition) is 5. The van der Waals surface area contributed by atoms with Crippen LogP contribution < -0.4 is 5.32 Å². The maximum absolute atomic E-state index is 5.99. The predicted molar refractivity (Wildman–Crippen MR) is 90.6 cm³/mol. The monoisotopic (exact) mass is 327 g/mol. The second kappa shape index (κ2) is 8.51. The van der Waals surface area contributed by atoms with E-state index in [9.17, 15) is 0 Å². The molecule has 2 aromatic rings. The molecule has 0 aliphatic carbocycles. The number of nitrogens with zero attached hydrogens (tertiary/aromatic N) is 2. The number of halogens is 1. The summed E-state index contributed by atoms with van der Waals surface area (Å²) >= 11 is 7.67. The average molecular weight is 328 g/mol. The third-order valence-electron chi connectivity index (χ3n) is 3.17. The number of thiophene rings is 1. The van der Waals surface area contributed by atoms with Gasteiger partial charge in [-0.3, -0.25) is 0 Å². The largest absolute Gasteiger partial charge is 0.381 e. The first-order chi connectivity index (χ1) is 10.2. The molecule has 0 bridgehead atoms. The first-order valence-corrected chi connectivity index (χ1v) is 8.71. The molecule has 2 heterocycles. The fourth-order valence-electron chi connectivity index (χ4n) is 1.98. The van der Waals surface area contributed by atoms with Gasteiger partial charge in [0.15, 0.2) is 0 Å². The molecule has 0 radical (unpaired) electrons. The van der Waals surface area contributed by atoms with Crippen LogP contribution in [0.5, 0.6) is 0 Å². The predicted octanol–water partition coefficient (Wildman–Crippen LogP) is 4.53. The summed E-state index contributed by atoms with van der Waals surface area (Å²) in [7, 11) is 0. The molecule has 2 rings (SSSR count). The number of unbranched alkanes of at least 4 members (excludes halogenated alkanes) is 1. The summed E-state index contributed by atoms with van der Waals surface area (Å²) in [5.41, 5.74) is 0. The topological polar surface area (TPSA) is 47.0 Å². The SMILES string of the molecule is CCCCOCCCNc1nc(Cl)nc2sc(CC)cc12. The molecule has 6 heteroatoms. The highest BCUT2D eigenvalue weighted by Crippen LogP contribution is 2.30. The van der Waals surface area contributed by atoms with Crippen LogP contribution in [0.1, 0.15) is 38.0 Å². The number of rotatable bonds is 9. The Hall–Kier alpha value is -0.910. The van der Waals surface area contributed by atoms with Gasteiger partial charge in [-0.05, 0) is 36.9 Å². The van der Waals surface area contributed by atoms with Gasteiger partial charge in [0.2, 0.25) is 5.28 Å². The molecule has 2 aromatic heterocycles. The zero-order valence-electron chi connectivity index (χ0n) is 12.6. The summed E-state index contributed by atoms with van der Waals surface area (Å²) in [6.45, 7) is 6.76. The highest BCUT2D eigenvalue weighted by atomic mass is 35.5. The highest BCUT2D eigenvalue weighted by molar-refractivity contribution is 7.18. The Labute approximate surface area is 134 Å². The first kappa shape index (κ1) is 16.5. The van der Waals surface area contributed by atoms with Crippen molar-refractivity contribution < 1.29 is 4.74 Å². The molecule has 116 valence electrons. The number of anilines is 1. The van der Waals surface area contributed by atoms with Gasteiger partial charge in [-0.1, -0.05) is 20.3 Å². The van der Waals surface area contributed by atoms with Gasteiger partial charge < -0.3 is 10.1 Å². The van der Waals surface area contributed by atoms with E-state index in [4.69, 9.17) is 16.3 Å². The van der Waals surface area contributed by atoms with Crippen molar-refractivity contribution in [1.82, 2.24) is 9.97 Å². The van der Waals surface area contributed by atoms with Gasteiger partial charge in [0, 0.05) is 24.6 Å². The molecule has 0 atom stereocenters. The molecule has 0 aliphatic heterocycles. The third-order valence-corrected chi connectivity index (χ3v) is 4.51. The second-order valence-corrected chi connectivity index (χ2v) is 6.33. The van der Waals surface area contributed by atoms with Crippen molar-refractivity contribution in [1.29, 1.82) is 0 Å². The van der Waals surface area contributed by atoms with Crippen molar-refractivity contribution >= 4 is 39.0 Å². The molecule has 4 nitrogen and oxygen atoms in total. The van der Waals surface area contributed by atoms with Crippen LogP contribution >= 0.6 is 22.9 Å². The van der Waals surface area contributed by atoms with E-state index < -0.39 is 0 Å². The standard InChI is InChI=1S/C15H22ClN3OS/c1-3-5-8-20-9-6-7-17-13-12-10-11(4-2)21-14(12)19-15(16)18-13/h10H,3-9H2,1-2H3,(H,17,18,19). The molecule has 0 aromatic carbocycles. The maximum Gasteiger partial charge on any atom is 0.225 e. The Morgan fingerprint density at radius 1 is 1.24 bits per heavy atom. The van der Waals surface area contributed by atoms with Crippen molar-refractivity contribution in [2.45, 2.75) is 39.5 Å². The maximum atomic E-state index is 5.99. The Kier molecular flexibility index (Phi) is 6.67. The minimum Gasteiger partial charge on any atom is -0.381 e. The number of nitrogens with one attached hydrogen (secondary N) is 1. The molecular formula is C15H22ClN3OS. The summed E-state index contributed by atoms with van der Waals surface area (Å²) in [4.78, 5) is 10.8. The molecule has 0 saturated carbocycles. The lowest BCUT2D eigenvalue weighted by atomic mass is 10.3. The lowest BCUT2D eigenvalue weighted by Gasteiger charge is -2.07. The molecule has 0 amide bonds. The van der Waals surface area contributed by atoms with Crippen LogP contribution in [-0.2, 0) is 11.2 Å². The molecular weight excluding hydrogens is 306 g/mol. The smallest absolute Gasteiger partial charge is 0.225 e. The van der Waals surface area contributed by atoms with Crippen LogP contribution in [0, 0.1) is 0 Å². The van der Waals surface area contributed by atoms with Crippen LogP contribution in [0.3, 0.4) is 0 Å². The molecule has 1 N–H and O–H groups in total. The van der Waals surface area contributed by atoms with Crippen LogP contribution in [-0.4, -0.2) is 29.7 Å². The first-order valence-electron chi connectivity index (χ1n) is 7.52. The Balaban J connectivity index is 1.90. The molecule has 0 saturated heterocycles. The number of ether oxygens (including phenoxy) is 1. The van der Waals surface area contributed by atoms with Gasteiger partial charge >= 0.3 is 0 Å². The lowest BCUT2D eigenvalue weighted by molar-refractivity contribution is 0.131. The summed E-state index contributed by atoms with van der Waals surface area (Å²) in [6.07, 6.45) is 4.26. The van der Waals surface area contributed by atoms with Gasteiger partial charge in [0.25, 0.3) is 0 Å². The summed E-state index contributed by atoms with van der Waals surface area (Å²) < 4.78 is 5.55. The van der Waals surface area contributed by atoms with E-state index >= 15 is 0 Å². The van der Waals surface area contributed by atoms with E-state index in [1.165, 1.54) is 11.3 Å². The number of aryl methyl sites for hydroxylation is 1. The van der Waals surface area contributed by atoms with Crippen molar-refractivity contribution in [2.24, 2.45) is 0 Å². The van der Waals surface area contributed by atoms with Gasteiger partial charge in [-0.15, -0.1) is 11.3 Å². The van der Waals surface area contributed by atoms with Gasteiger partial charge in [0.05, 0.1) is 5.39 Å². The quantitative estimate of drug-likeness (QED) is 0.543. The molecule has 0 fully saturated rings. The van der Waals surface area contributed by atoms with Crippen LogP contribution in [0.25, 0.3) is 10.2 Å². The minimum absolute atomic E-state index is 0.300. The van der Waals surface area contributed by atoms with Crippen LogP contribution in [0.15, 0.2) is 6.07 Å². The van der Waals surface area contributed by atoms with Gasteiger partial charge in [-0.2, -0.15) is 0 Å². The molecule has 21 heavy (non-hydrogen) atoms. The van der Waals surface area contributed by atoms with E-state index in [0.717, 1.165) is 55.1 Å². The van der Waals surface area contributed by atoms with E-state index in [-0.39, 0.29) is 0 Å². The molecule has 0 aliphatic rings. The normalized spacial score (nSPS) is 11.2. The fraction of sp³-hybridized carbons (Fsp3) is 0.600. The van der Waals surface area contributed by atoms with Crippen molar-refractivity contribution in [3.63, 3.8) is 0 Å². The van der Waals surface area contributed by atoms with Gasteiger partial charge in [-0.25, -0.2) is 9.97 Å². The summed E-state index contributed by atoms with van der Waals surface area (Å²) in [5, 5.41) is 4.71. The Morgan fingerprint density at radius 2 is 2.05 bits per heavy atom. The van der Waals surface area contributed by atoms with Crippen LogP contribution in [0.4, 0.5) is 5.82 Å². The number of fused-ring (bicyclic) bond motifs is 1. The Bertz CT molecular complexity index is 573. The van der Waals surface area contributed by atoms with Crippen molar-refractivity contribution in [3.8, 4) is 0 Å². The van der Waals surface area contributed by atoms with E-state index in [0.29, 0.717) is 5.28 Å². The lowest BCUT2D eigenvalue weighted by Crippen LogP contribution is -2.08. The van der Waals surface area contributed by atoms with Crippen molar-refractivity contribution in [3.05, 3.63) is 16.2 Å². The second-order valence-electron chi connectivity index (χ2n) is 4.87. The van der Waals surface area contributed by atoms with E-state index in [1.54, 1.807) is 11.3 Å². The molecule has 0 spiro atoms.